The van der Waals surface area contributed by atoms with Crippen LogP contribution in [-0.4, -0.2) is 18.5 Å². The Bertz CT molecular complexity index is 1290. The van der Waals surface area contributed by atoms with E-state index in [1.165, 1.54) is 33.6 Å². The van der Waals surface area contributed by atoms with Gasteiger partial charge < -0.3 is 9.47 Å². The molecule has 5 rings (SSSR count). The number of benzene rings is 5. The summed E-state index contributed by atoms with van der Waals surface area (Å²) in [6, 6.07) is 46.5. The van der Waals surface area contributed by atoms with Gasteiger partial charge in [0, 0.05) is 11.8 Å². The third-order valence-corrected chi connectivity index (χ3v) is 8.80. The molecule has 0 aliphatic rings. The normalized spacial score (nSPS) is 10.5. The third-order valence-electron chi connectivity index (χ3n) is 5.96. The Kier molecular flexibility index (Phi) is 12.3. The molecule has 0 unspecified atom stereocenters. The Hall–Kier alpha value is -3.46. The van der Waals surface area contributed by atoms with E-state index in [0.29, 0.717) is 19.0 Å². The summed E-state index contributed by atoms with van der Waals surface area (Å²) in [7, 11) is -0.446. The molecule has 0 aromatic heterocycles. The molecule has 0 saturated heterocycles. The van der Waals surface area contributed by atoms with Crippen LogP contribution < -0.4 is 25.4 Å². The van der Waals surface area contributed by atoms with Crippen LogP contribution in [0.5, 0.6) is 11.5 Å². The fourth-order valence-electron chi connectivity index (χ4n) is 4.05. The second-order valence-electron chi connectivity index (χ2n) is 8.93. The maximum atomic E-state index is 12.7. The minimum Gasteiger partial charge on any atom is -0.493 e. The number of aryl methyl sites for hydroxylation is 1. The summed E-state index contributed by atoms with van der Waals surface area (Å²) in [6.45, 7) is 1.14. The first-order chi connectivity index (χ1) is 19.7. The van der Waals surface area contributed by atoms with Gasteiger partial charge in [-0.2, -0.15) is 0 Å². The summed E-state index contributed by atoms with van der Waals surface area (Å²) < 4.78 is 23.9. The molecule has 0 spiro atoms. The highest BCUT2D eigenvalue weighted by Gasteiger charge is 2.15. The summed E-state index contributed by atoms with van der Waals surface area (Å²) >= 11 is 3.43. The number of alkyl halides is 1. The summed E-state index contributed by atoms with van der Waals surface area (Å²) in [6.07, 6.45) is 1.77. The van der Waals surface area contributed by atoms with Crippen LogP contribution in [0.25, 0.3) is 0 Å². The molecule has 40 heavy (non-hydrogen) atoms. The van der Waals surface area contributed by atoms with Crippen molar-refractivity contribution in [1.82, 2.24) is 0 Å². The topological polar surface area (TPSA) is 18.5 Å². The summed E-state index contributed by atoms with van der Waals surface area (Å²) in [4.78, 5) is 0. The van der Waals surface area contributed by atoms with E-state index in [1.54, 1.807) is 12.1 Å². The molecule has 0 radical (unpaired) electrons. The van der Waals surface area contributed by atoms with Crippen molar-refractivity contribution in [1.29, 1.82) is 0 Å². The molecule has 5 aromatic rings. The average Bonchev–Trinajstić information content (AvgIpc) is 3.01. The first kappa shape index (κ1) is 29.5. The van der Waals surface area contributed by atoms with Gasteiger partial charge >= 0.3 is 0 Å². The second kappa shape index (κ2) is 16.6. The van der Waals surface area contributed by atoms with E-state index >= 15 is 0 Å². The van der Waals surface area contributed by atoms with Gasteiger partial charge in [0.25, 0.3) is 0 Å². The van der Waals surface area contributed by atoms with E-state index < -0.39 is 7.92 Å². The van der Waals surface area contributed by atoms with Gasteiger partial charge in [-0.15, -0.1) is 0 Å². The number of hydrogen-bond donors (Lipinski definition) is 0. The molecule has 0 heterocycles. The minimum absolute atomic E-state index is 0.256. The van der Waals surface area contributed by atoms with Crippen molar-refractivity contribution in [2.75, 3.05) is 18.5 Å². The van der Waals surface area contributed by atoms with E-state index in [2.05, 4.69) is 119 Å². The molecule has 204 valence electrons. The number of ether oxygens (including phenoxy) is 2. The van der Waals surface area contributed by atoms with Gasteiger partial charge in [0.1, 0.15) is 17.3 Å². The lowest BCUT2D eigenvalue weighted by Gasteiger charge is -2.18. The largest absolute Gasteiger partial charge is 0.493 e. The second-order valence-corrected chi connectivity index (χ2v) is 11.9. The van der Waals surface area contributed by atoms with Gasteiger partial charge in [-0.05, 0) is 72.2 Å². The van der Waals surface area contributed by atoms with Crippen molar-refractivity contribution in [3.8, 4) is 11.5 Å². The quantitative estimate of drug-likeness (QED) is 0.0851. The standard InChI is InChI=1S/C18H15P.C17H18BrFO2/c1-4-10-16(11-5-1)19(17-12-6-2-7-13-17)18-14-8-3-9-15-18;18-10-9-14-3-1-4-17(13-14)21-12-2-11-20-16-7-5-15(19)6-8-16/h1-15H;1,3-8,13H,2,9-12H2. The molecule has 5 aromatic carbocycles. The van der Waals surface area contributed by atoms with Crippen LogP contribution in [0, 0.1) is 5.82 Å². The SMILES string of the molecule is Fc1ccc(OCCCOc2cccc(CCBr)c2)cc1.c1ccc(P(c2ccccc2)c2ccccc2)cc1. The van der Waals surface area contributed by atoms with Crippen molar-refractivity contribution < 1.29 is 13.9 Å². The molecule has 0 amide bonds. The zero-order valence-electron chi connectivity index (χ0n) is 22.3. The van der Waals surface area contributed by atoms with E-state index in [4.69, 9.17) is 9.47 Å². The fraction of sp³-hybridized carbons (Fsp3) is 0.143. The van der Waals surface area contributed by atoms with E-state index in [1.807, 2.05) is 12.1 Å². The molecule has 0 bridgehead atoms. The molecular formula is C35H33BrFO2P. The monoisotopic (exact) mass is 614 g/mol. The number of rotatable bonds is 11. The molecule has 0 aliphatic carbocycles. The fourth-order valence-corrected chi connectivity index (χ4v) is 6.81. The average molecular weight is 616 g/mol. The molecule has 0 atom stereocenters. The van der Waals surface area contributed by atoms with Crippen molar-refractivity contribution in [2.45, 2.75) is 12.8 Å². The Balaban J connectivity index is 0.000000186. The third kappa shape index (κ3) is 9.62. The highest BCUT2D eigenvalue weighted by molar-refractivity contribution is 9.09. The lowest BCUT2D eigenvalue weighted by Crippen LogP contribution is -2.20. The zero-order valence-corrected chi connectivity index (χ0v) is 24.8. The van der Waals surface area contributed by atoms with Gasteiger partial charge in [-0.3, -0.25) is 0 Å². The van der Waals surface area contributed by atoms with E-state index in [-0.39, 0.29) is 5.82 Å². The molecular weight excluding hydrogens is 582 g/mol. The lowest BCUT2D eigenvalue weighted by molar-refractivity contribution is 0.247. The van der Waals surface area contributed by atoms with Gasteiger partial charge in [0.15, 0.2) is 0 Å². The molecule has 0 aliphatic heterocycles. The zero-order chi connectivity index (χ0) is 27.8. The predicted molar refractivity (Wildman–Crippen MR) is 171 cm³/mol. The predicted octanol–water partition coefficient (Wildman–Crippen LogP) is 8.06. The maximum Gasteiger partial charge on any atom is 0.123 e. The Morgan fingerprint density at radius 2 is 1.05 bits per heavy atom. The van der Waals surface area contributed by atoms with E-state index in [0.717, 1.165) is 23.9 Å². The molecule has 5 heteroatoms. The molecule has 0 N–H and O–H groups in total. The Morgan fingerprint density at radius 1 is 0.550 bits per heavy atom. The van der Waals surface area contributed by atoms with Gasteiger partial charge in [-0.25, -0.2) is 4.39 Å². The van der Waals surface area contributed by atoms with E-state index in [9.17, 15) is 4.39 Å². The van der Waals surface area contributed by atoms with Gasteiger partial charge in [0.2, 0.25) is 0 Å². The van der Waals surface area contributed by atoms with Crippen molar-refractivity contribution in [3.05, 3.63) is 151 Å². The Labute approximate surface area is 246 Å². The van der Waals surface area contributed by atoms with Gasteiger partial charge in [0.05, 0.1) is 13.2 Å². The summed E-state index contributed by atoms with van der Waals surface area (Å²) in [5.41, 5.74) is 1.26. The van der Waals surface area contributed by atoms with Gasteiger partial charge in [-0.1, -0.05) is 119 Å². The number of halogens is 2. The first-order valence-electron chi connectivity index (χ1n) is 13.3. The minimum atomic E-state index is -0.446. The highest BCUT2D eigenvalue weighted by atomic mass is 79.9. The highest BCUT2D eigenvalue weighted by Crippen LogP contribution is 2.32. The smallest absolute Gasteiger partial charge is 0.123 e. The van der Waals surface area contributed by atoms with Crippen LogP contribution >= 0.6 is 23.9 Å². The molecule has 2 nitrogen and oxygen atoms in total. The molecule has 0 fully saturated rings. The van der Waals surface area contributed by atoms with Crippen LogP contribution in [0.2, 0.25) is 0 Å². The van der Waals surface area contributed by atoms with Crippen LogP contribution in [0.3, 0.4) is 0 Å². The maximum absolute atomic E-state index is 12.7. The lowest BCUT2D eigenvalue weighted by atomic mass is 10.2. The van der Waals surface area contributed by atoms with Crippen molar-refractivity contribution >= 4 is 39.8 Å². The number of hydrogen-bond acceptors (Lipinski definition) is 2. The summed E-state index contributed by atoms with van der Waals surface area (Å²) in [5, 5.41) is 5.14. The van der Waals surface area contributed by atoms with Crippen molar-refractivity contribution in [3.63, 3.8) is 0 Å². The van der Waals surface area contributed by atoms with Crippen LogP contribution in [-0.2, 0) is 6.42 Å². The van der Waals surface area contributed by atoms with Crippen molar-refractivity contribution in [2.24, 2.45) is 0 Å². The van der Waals surface area contributed by atoms with Crippen LogP contribution in [0.4, 0.5) is 4.39 Å². The van der Waals surface area contributed by atoms with Crippen LogP contribution in [0.15, 0.2) is 140 Å². The Morgan fingerprint density at radius 3 is 1.55 bits per heavy atom. The first-order valence-corrected chi connectivity index (χ1v) is 15.8. The molecule has 0 saturated carbocycles. The van der Waals surface area contributed by atoms with Crippen LogP contribution in [0.1, 0.15) is 12.0 Å². The summed E-state index contributed by atoms with van der Waals surface area (Å²) in [5.74, 6) is 1.31.